The van der Waals surface area contributed by atoms with Gasteiger partial charge in [0.2, 0.25) is 5.88 Å². The van der Waals surface area contributed by atoms with E-state index in [2.05, 4.69) is 9.97 Å². The molecule has 3 heterocycles. The van der Waals surface area contributed by atoms with Gasteiger partial charge in [0, 0.05) is 24.7 Å². The van der Waals surface area contributed by atoms with Crippen LogP contribution in [0.2, 0.25) is 5.15 Å². The predicted octanol–water partition coefficient (Wildman–Crippen LogP) is 4.27. The van der Waals surface area contributed by atoms with Crippen molar-refractivity contribution in [3.05, 3.63) is 34.7 Å². The van der Waals surface area contributed by atoms with Gasteiger partial charge in [-0.1, -0.05) is 11.6 Å². The van der Waals surface area contributed by atoms with Crippen LogP contribution in [-0.4, -0.2) is 44.2 Å². The second-order valence-corrected chi connectivity index (χ2v) is 8.35. The maximum Gasteiger partial charge on any atom is 0.410 e. The average Bonchev–Trinajstić information content (AvgIpc) is 2.60. The number of amides is 1. The molecule has 0 saturated carbocycles. The van der Waals surface area contributed by atoms with Crippen molar-refractivity contribution in [2.75, 3.05) is 6.54 Å². The number of ether oxygens (including phenoxy) is 2. The van der Waals surface area contributed by atoms with Crippen LogP contribution in [0.25, 0.3) is 11.4 Å². The molecule has 0 aliphatic carbocycles. The summed E-state index contributed by atoms with van der Waals surface area (Å²) in [5.74, 6) is 1.02. The van der Waals surface area contributed by atoms with Crippen molar-refractivity contribution in [1.29, 1.82) is 0 Å². The molecule has 28 heavy (non-hydrogen) atoms. The van der Waals surface area contributed by atoms with Crippen LogP contribution in [0, 0.1) is 0 Å². The summed E-state index contributed by atoms with van der Waals surface area (Å²) in [7, 11) is 0. The molecule has 2 aromatic heterocycles. The third-order valence-corrected chi connectivity index (χ3v) is 4.23. The van der Waals surface area contributed by atoms with Gasteiger partial charge in [-0.2, -0.15) is 4.98 Å². The summed E-state index contributed by atoms with van der Waals surface area (Å²) in [5, 5.41) is 0.411. The lowest BCUT2D eigenvalue weighted by Gasteiger charge is -2.31. The minimum atomic E-state index is -0.545. The van der Waals surface area contributed by atoms with Crippen LogP contribution in [0.4, 0.5) is 4.79 Å². The Balaban J connectivity index is 1.94. The molecule has 150 valence electrons. The standard InChI is InChI=1S/C20H25ClN4O3/c1-12(2)27-18-14-11-25(19(26)28-20(3,4)5)9-8-15(14)23-17(24-18)13-6-7-16(21)22-10-13/h6-7,10,12H,8-9,11H2,1-5H3. The molecule has 0 N–H and O–H groups in total. The van der Waals surface area contributed by atoms with Crippen molar-refractivity contribution in [1.82, 2.24) is 19.9 Å². The van der Waals surface area contributed by atoms with Gasteiger partial charge in [-0.05, 0) is 46.8 Å². The van der Waals surface area contributed by atoms with Gasteiger partial charge in [-0.25, -0.2) is 14.8 Å². The zero-order valence-corrected chi connectivity index (χ0v) is 17.6. The Bertz CT molecular complexity index is 863. The van der Waals surface area contributed by atoms with Crippen LogP contribution in [0.3, 0.4) is 0 Å². The van der Waals surface area contributed by atoms with Gasteiger partial charge in [0.05, 0.1) is 23.9 Å². The van der Waals surface area contributed by atoms with Gasteiger partial charge in [-0.3, -0.25) is 0 Å². The molecule has 0 saturated heterocycles. The first-order valence-electron chi connectivity index (χ1n) is 9.28. The van der Waals surface area contributed by atoms with E-state index in [1.54, 1.807) is 17.2 Å². The summed E-state index contributed by atoms with van der Waals surface area (Å²) in [4.78, 5) is 27.5. The molecule has 0 aromatic carbocycles. The molecular formula is C20H25ClN4O3. The first-order chi connectivity index (χ1) is 13.1. The largest absolute Gasteiger partial charge is 0.475 e. The number of hydrogen-bond acceptors (Lipinski definition) is 6. The fraction of sp³-hybridized carbons (Fsp3) is 0.500. The average molecular weight is 405 g/mol. The summed E-state index contributed by atoms with van der Waals surface area (Å²) in [6.07, 6.45) is 1.82. The summed E-state index contributed by atoms with van der Waals surface area (Å²) < 4.78 is 11.5. The van der Waals surface area contributed by atoms with Gasteiger partial charge < -0.3 is 14.4 Å². The normalized spacial score (nSPS) is 14.0. The Morgan fingerprint density at radius 1 is 1.25 bits per heavy atom. The Labute approximate surface area is 170 Å². The fourth-order valence-electron chi connectivity index (χ4n) is 2.82. The third-order valence-electron chi connectivity index (χ3n) is 4.01. The molecule has 0 fully saturated rings. The first kappa shape index (κ1) is 20.3. The highest BCUT2D eigenvalue weighted by Gasteiger charge is 2.29. The number of carbonyl (C=O) groups excluding carboxylic acids is 1. The number of hydrogen-bond donors (Lipinski definition) is 0. The van der Waals surface area contributed by atoms with E-state index in [1.807, 2.05) is 40.7 Å². The lowest BCUT2D eigenvalue weighted by atomic mass is 10.1. The Morgan fingerprint density at radius 3 is 2.61 bits per heavy atom. The van der Waals surface area contributed by atoms with Crippen molar-refractivity contribution in [2.24, 2.45) is 0 Å². The first-order valence-corrected chi connectivity index (χ1v) is 9.66. The lowest BCUT2D eigenvalue weighted by molar-refractivity contribution is 0.0220. The maximum absolute atomic E-state index is 12.5. The summed E-state index contributed by atoms with van der Waals surface area (Å²) in [6.45, 7) is 10.3. The van der Waals surface area contributed by atoms with Gasteiger partial charge >= 0.3 is 6.09 Å². The molecule has 8 heteroatoms. The minimum absolute atomic E-state index is 0.0629. The molecule has 2 aromatic rings. The molecule has 1 amide bonds. The highest BCUT2D eigenvalue weighted by Crippen LogP contribution is 2.30. The van der Waals surface area contributed by atoms with Crippen LogP contribution < -0.4 is 4.74 Å². The number of pyridine rings is 1. The maximum atomic E-state index is 12.5. The van der Waals surface area contributed by atoms with Crippen LogP contribution in [0.15, 0.2) is 18.3 Å². The van der Waals surface area contributed by atoms with Crippen molar-refractivity contribution < 1.29 is 14.3 Å². The quantitative estimate of drug-likeness (QED) is 0.711. The summed E-state index contributed by atoms with van der Waals surface area (Å²) in [6, 6.07) is 3.53. The minimum Gasteiger partial charge on any atom is -0.475 e. The summed E-state index contributed by atoms with van der Waals surface area (Å²) in [5.41, 5.74) is 1.90. The van der Waals surface area contributed by atoms with Crippen LogP contribution in [0.5, 0.6) is 5.88 Å². The Kier molecular flexibility index (Phi) is 5.74. The topological polar surface area (TPSA) is 77.4 Å². The highest BCUT2D eigenvalue weighted by molar-refractivity contribution is 6.29. The highest BCUT2D eigenvalue weighted by atomic mass is 35.5. The van der Waals surface area contributed by atoms with E-state index < -0.39 is 5.60 Å². The number of fused-ring (bicyclic) bond motifs is 1. The fourth-order valence-corrected chi connectivity index (χ4v) is 2.94. The van der Waals surface area contributed by atoms with Gasteiger partial charge in [0.25, 0.3) is 0 Å². The molecule has 0 bridgehead atoms. The van der Waals surface area contributed by atoms with Crippen LogP contribution in [0.1, 0.15) is 45.9 Å². The Morgan fingerprint density at radius 2 is 2.00 bits per heavy atom. The number of aromatic nitrogens is 3. The van der Waals surface area contributed by atoms with E-state index in [-0.39, 0.29) is 12.2 Å². The van der Waals surface area contributed by atoms with E-state index in [4.69, 9.17) is 26.1 Å². The van der Waals surface area contributed by atoms with Crippen molar-refractivity contribution in [2.45, 2.75) is 59.3 Å². The molecule has 7 nitrogen and oxygen atoms in total. The number of nitrogens with zero attached hydrogens (tertiary/aromatic N) is 4. The SMILES string of the molecule is CC(C)Oc1nc(-c2ccc(Cl)nc2)nc2c1CN(C(=O)OC(C)(C)C)CC2. The Hall–Kier alpha value is -2.41. The van der Waals surface area contributed by atoms with Gasteiger partial charge in [0.15, 0.2) is 5.82 Å². The van der Waals surface area contributed by atoms with Gasteiger partial charge in [-0.15, -0.1) is 0 Å². The zero-order valence-electron chi connectivity index (χ0n) is 16.8. The van der Waals surface area contributed by atoms with Crippen molar-refractivity contribution in [3.63, 3.8) is 0 Å². The van der Waals surface area contributed by atoms with Gasteiger partial charge in [0.1, 0.15) is 10.8 Å². The predicted molar refractivity (Wildman–Crippen MR) is 106 cm³/mol. The number of rotatable bonds is 3. The lowest BCUT2D eigenvalue weighted by Crippen LogP contribution is -2.40. The number of halogens is 1. The monoisotopic (exact) mass is 404 g/mol. The number of carbonyl (C=O) groups is 1. The second-order valence-electron chi connectivity index (χ2n) is 7.97. The molecule has 1 aliphatic rings. The summed E-state index contributed by atoms with van der Waals surface area (Å²) >= 11 is 5.88. The van der Waals surface area contributed by atoms with Crippen molar-refractivity contribution in [3.8, 4) is 17.3 Å². The molecule has 0 radical (unpaired) electrons. The molecule has 1 aliphatic heterocycles. The third kappa shape index (κ3) is 4.90. The van der Waals surface area contributed by atoms with Crippen LogP contribution >= 0.6 is 11.6 Å². The molecule has 0 atom stereocenters. The molecular weight excluding hydrogens is 380 g/mol. The van der Waals surface area contributed by atoms with Crippen LogP contribution in [-0.2, 0) is 17.7 Å². The van der Waals surface area contributed by atoms with E-state index in [1.165, 1.54) is 0 Å². The van der Waals surface area contributed by atoms with E-state index in [0.29, 0.717) is 36.4 Å². The smallest absolute Gasteiger partial charge is 0.410 e. The van der Waals surface area contributed by atoms with Crippen molar-refractivity contribution >= 4 is 17.7 Å². The van der Waals surface area contributed by atoms with E-state index >= 15 is 0 Å². The molecule has 0 unspecified atom stereocenters. The molecule has 3 rings (SSSR count). The van der Waals surface area contributed by atoms with E-state index in [9.17, 15) is 4.79 Å². The molecule has 0 spiro atoms. The van der Waals surface area contributed by atoms with E-state index in [0.717, 1.165) is 16.8 Å². The second kappa shape index (κ2) is 7.91. The zero-order chi connectivity index (χ0) is 20.5.